The van der Waals surface area contributed by atoms with Crippen LogP contribution < -0.4 is 15.1 Å². The third-order valence-corrected chi connectivity index (χ3v) is 4.39. The highest BCUT2D eigenvalue weighted by atomic mass is 16.5. The largest absolute Gasteiger partial charge is 0.482 e. The van der Waals surface area contributed by atoms with Crippen LogP contribution in [0.2, 0.25) is 0 Å². The van der Waals surface area contributed by atoms with Gasteiger partial charge >= 0.3 is 5.97 Å². The number of rotatable bonds is 8. The number of nitrogens with zero attached hydrogens (tertiary/aromatic N) is 2. The van der Waals surface area contributed by atoms with Gasteiger partial charge in [0.05, 0.1) is 5.69 Å². The molecule has 1 aliphatic rings. The molecule has 0 aliphatic carbocycles. The Morgan fingerprint density at radius 2 is 1.86 bits per heavy atom. The van der Waals surface area contributed by atoms with Gasteiger partial charge in [-0.05, 0) is 55.3 Å². The number of benzene rings is 2. The van der Waals surface area contributed by atoms with Gasteiger partial charge in [0, 0.05) is 30.8 Å². The van der Waals surface area contributed by atoms with Crippen LogP contribution in [0.5, 0.6) is 5.75 Å². The van der Waals surface area contributed by atoms with Crippen LogP contribution in [0, 0.1) is 0 Å². The average Bonchev–Trinajstić information content (AvgIpc) is 3.13. The molecule has 3 rings (SSSR count). The number of aliphatic carboxylic acids is 1. The summed E-state index contributed by atoms with van der Waals surface area (Å²) < 4.78 is 5.09. The topological polar surface area (TPSA) is 91.2 Å². The highest BCUT2D eigenvalue weighted by molar-refractivity contribution is 5.94. The number of hydrogen-bond donors (Lipinski definition) is 2. The van der Waals surface area contributed by atoms with Gasteiger partial charge in [0.1, 0.15) is 5.75 Å². The molecule has 0 atom stereocenters. The lowest BCUT2D eigenvalue weighted by atomic mass is 10.1. The summed E-state index contributed by atoms with van der Waals surface area (Å²) in [5.74, 6) is -0.620. The molecule has 0 unspecified atom stereocenters. The Labute approximate surface area is 163 Å². The fraction of sp³-hybridized carbons (Fsp3) is 0.286. The maximum Gasteiger partial charge on any atom is 0.341 e. The quantitative estimate of drug-likeness (QED) is 0.734. The van der Waals surface area contributed by atoms with Crippen LogP contribution in [0.3, 0.4) is 0 Å². The van der Waals surface area contributed by atoms with Crippen molar-refractivity contribution in [1.29, 1.82) is 0 Å². The molecule has 146 valence electrons. The van der Waals surface area contributed by atoms with Crippen molar-refractivity contribution in [3.63, 3.8) is 0 Å². The van der Waals surface area contributed by atoms with E-state index in [1.165, 1.54) is 0 Å². The van der Waals surface area contributed by atoms with Crippen LogP contribution in [0.4, 0.5) is 5.69 Å². The average molecular weight is 381 g/mol. The van der Waals surface area contributed by atoms with E-state index >= 15 is 0 Å². The van der Waals surface area contributed by atoms with Gasteiger partial charge in [-0.15, -0.1) is 0 Å². The summed E-state index contributed by atoms with van der Waals surface area (Å²) in [6, 6.07) is 14.6. The van der Waals surface area contributed by atoms with E-state index < -0.39 is 5.97 Å². The minimum Gasteiger partial charge on any atom is -0.482 e. The molecule has 7 nitrogen and oxygen atoms in total. The van der Waals surface area contributed by atoms with Crippen LogP contribution in [-0.2, 0) is 11.2 Å². The van der Waals surface area contributed by atoms with Crippen LogP contribution in [-0.4, -0.2) is 42.4 Å². The third-order valence-electron chi connectivity index (χ3n) is 4.39. The summed E-state index contributed by atoms with van der Waals surface area (Å²) in [5.41, 5.74) is 3.74. The molecule has 0 spiro atoms. The molecule has 2 aromatic carbocycles. The molecule has 1 aliphatic heterocycles. The summed E-state index contributed by atoms with van der Waals surface area (Å²) in [6.45, 7) is 3.03. The summed E-state index contributed by atoms with van der Waals surface area (Å²) in [6.07, 6.45) is 1.64. The zero-order valence-corrected chi connectivity index (χ0v) is 15.7. The molecule has 0 aromatic heterocycles. The maximum absolute atomic E-state index is 12.3. The Bertz CT molecular complexity index is 860. The fourth-order valence-corrected chi connectivity index (χ4v) is 2.87. The van der Waals surface area contributed by atoms with E-state index in [0.717, 1.165) is 29.9 Å². The number of carbonyl (C=O) groups excluding carboxylic acids is 1. The molecule has 28 heavy (non-hydrogen) atoms. The second-order valence-corrected chi connectivity index (χ2v) is 6.59. The molecule has 2 N–H and O–H groups in total. The molecule has 0 fully saturated rings. The lowest BCUT2D eigenvalue weighted by Gasteiger charge is -2.14. The monoisotopic (exact) mass is 381 g/mol. The molecule has 2 aromatic rings. The zero-order chi connectivity index (χ0) is 19.9. The molecular formula is C21H23N3O4. The normalized spacial score (nSPS) is 13.2. The lowest BCUT2D eigenvalue weighted by molar-refractivity contribution is -0.139. The Hall–Kier alpha value is -3.35. The van der Waals surface area contributed by atoms with Gasteiger partial charge in [-0.3, -0.25) is 9.80 Å². The number of hydrazone groups is 1. The predicted molar refractivity (Wildman–Crippen MR) is 107 cm³/mol. The molecule has 1 amide bonds. The minimum atomic E-state index is -1.01. The van der Waals surface area contributed by atoms with Gasteiger partial charge in [0.15, 0.2) is 6.61 Å². The van der Waals surface area contributed by atoms with Crippen molar-refractivity contribution in [1.82, 2.24) is 5.32 Å². The smallest absolute Gasteiger partial charge is 0.341 e. The summed E-state index contributed by atoms with van der Waals surface area (Å²) in [7, 11) is 0. The summed E-state index contributed by atoms with van der Waals surface area (Å²) >= 11 is 0. The maximum atomic E-state index is 12.3. The SMILES string of the molecule is CC1=NN(c2ccc(C(=O)NCCc3ccc(OCC(=O)O)cc3)cc2)CC1. The van der Waals surface area contributed by atoms with Crippen molar-refractivity contribution in [2.24, 2.45) is 5.10 Å². The number of nitrogens with one attached hydrogen (secondary N) is 1. The number of ether oxygens (including phenoxy) is 1. The van der Waals surface area contributed by atoms with Crippen LogP contribution in [0.15, 0.2) is 53.6 Å². The van der Waals surface area contributed by atoms with Gasteiger partial charge < -0.3 is 15.2 Å². The van der Waals surface area contributed by atoms with E-state index in [1.54, 1.807) is 12.1 Å². The third kappa shape index (κ3) is 5.33. The van der Waals surface area contributed by atoms with Crippen molar-refractivity contribution in [3.05, 3.63) is 59.7 Å². The van der Waals surface area contributed by atoms with E-state index in [9.17, 15) is 9.59 Å². The van der Waals surface area contributed by atoms with Gasteiger partial charge in [-0.25, -0.2) is 4.79 Å². The van der Waals surface area contributed by atoms with Crippen molar-refractivity contribution in [3.8, 4) is 5.75 Å². The number of anilines is 1. The summed E-state index contributed by atoms with van der Waals surface area (Å²) in [5, 5.41) is 17.9. The van der Waals surface area contributed by atoms with Crippen molar-refractivity contribution in [2.75, 3.05) is 24.7 Å². The molecule has 0 radical (unpaired) electrons. The Balaban J connectivity index is 1.45. The number of carboxylic acid groups (broad SMARTS) is 1. The van der Waals surface area contributed by atoms with Gasteiger partial charge in [0.2, 0.25) is 0 Å². The van der Waals surface area contributed by atoms with E-state index in [4.69, 9.17) is 9.84 Å². The van der Waals surface area contributed by atoms with Crippen molar-refractivity contribution in [2.45, 2.75) is 19.8 Å². The first-order valence-corrected chi connectivity index (χ1v) is 9.15. The number of hydrogen-bond acceptors (Lipinski definition) is 5. The molecule has 0 saturated carbocycles. The predicted octanol–water partition coefficient (Wildman–Crippen LogP) is 2.71. The van der Waals surface area contributed by atoms with Crippen molar-refractivity contribution >= 4 is 23.3 Å². The molecule has 1 heterocycles. The lowest BCUT2D eigenvalue weighted by Crippen LogP contribution is -2.25. The standard InChI is InChI=1S/C21H23N3O4/c1-15-11-13-24(23-15)18-6-4-17(5-7-18)21(27)22-12-10-16-2-8-19(9-3-16)28-14-20(25)26/h2-9H,10-14H2,1H3,(H,22,27)(H,25,26). The Morgan fingerprint density at radius 3 is 2.46 bits per heavy atom. The molecule has 7 heteroatoms. The molecule has 0 saturated heterocycles. The molecule has 0 bridgehead atoms. The van der Waals surface area contributed by atoms with Crippen LogP contribution >= 0.6 is 0 Å². The van der Waals surface area contributed by atoms with Crippen LogP contribution in [0.25, 0.3) is 0 Å². The Kier molecular flexibility index (Phi) is 6.26. The van der Waals surface area contributed by atoms with E-state index in [2.05, 4.69) is 10.4 Å². The van der Waals surface area contributed by atoms with Gasteiger partial charge in [-0.2, -0.15) is 5.10 Å². The zero-order valence-electron chi connectivity index (χ0n) is 15.7. The molecular weight excluding hydrogens is 358 g/mol. The second kappa shape index (κ2) is 9.03. The number of carbonyl (C=O) groups is 2. The first-order valence-electron chi connectivity index (χ1n) is 9.15. The first kappa shape index (κ1) is 19.4. The van der Waals surface area contributed by atoms with Crippen LogP contribution in [0.1, 0.15) is 29.3 Å². The first-order chi connectivity index (χ1) is 13.5. The van der Waals surface area contributed by atoms with E-state index in [1.807, 2.05) is 48.3 Å². The highest BCUT2D eigenvalue weighted by Crippen LogP contribution is 2.20. The fourth-order valence-electron chi connectivity index (χ4n) is 2.87. The van der Waals surface area contributed by atoms with Gasteiger partial charge in [0.25, 0.3) is 5.91 Å². The van der Waals surface area contributed by atoms with E-state index in [0.29, 0.717) is 24.3 Å². The van der Waals surface area contributed by atoms with E-state index in [-0.39, 0.29) is 12.5 Å². The summed E-state index contributed by atoms with van der Waals surface area (Å²) in [4.78, 5) is 22.8. The number of amides is 1. The number of carboxylic acids is 1. The van der Waals surface area contributed by atoms with Crippen molar-refractivity contribution < 1.29 is 19.4 Å². The van der Waals surface area contributed by atoms with Gasteiger partial charge in [-0.1, -0.05) is 12.1 Å². The highest BCUT2D eigenvalue weighted by Gasteiger charge is 2.13. The Morgan fingerprint density at radius 1 is 1.14 bits per heavy atom. The second-order valence-electron chi connectivity index (χ2n) is 6.59. The minimum absolute atomic E-state index is 0.117.